The van der Waals surface area contributed by atoms with Gasteiger partial charge in [0.25, 0.3) is 0 Å². The van der Waals surface area contributed by atoms with Crippen LogP contribution in [-0.2, 0) is 4.43 Å². The van der Waals surface area contributed by atoms with Gasteiger partial charge >= 0.3 is 8.56 Å². The standard InChI is InChI=1S/C11H22O2Si/c1-13-14(12,10-6-2-3-7-10)11-8-4-5-9-11/h10-12H,2-9H2,1H3. The third kappa shape index (κ3) is 1.77. The van der Waals surface area contributed by atoms with Crippen molar-refractivity contribution in [2.24, 2.45) is 0 Å². The van der Waals surface area contributed by atoms with Crippen molar-refractivity contribution in [2.75, 3.05) is 7.11 Å². The summed E-state index contributed by atoms with van der Waals surface area (Å²) in [7, 11) is -0.618. The van der Waals surface area contributed by atoms with E-state index < -0.39 is 8.56 Å². The van der Waals surface area contributed by atoms with Crippen LogP contribution >= 0.6 is 0 Å². The lowest BCUT2D eigenvalue weighted by Gasteiger charge is -2.34. The van der Waals surface area contributed by atoms with Gasteiger partial charge in [0.05, 0.1) is 0 Å². The summed E-state index contributed by atoms with van der Waals surface area (Å²) in [6, 6.07) is 0. The minimum absolute atomic E-state index is 0.538. The molecule has 0 radical (unpaired) electrons. The molecular formula is C11H22O2Si. The molecule has 0 unspecified atom stereocenters. The molecule has 2 nitrogen and oxygen atoms in total. The Balaban J connectivity index is 2.06. The fourth-order valence-corrected chi connectivity index (χ4v) is 7.15. The van der Waals surface area contributed by atoms with Crippen LogP contribution in [0.3, 0.4) is 0 Å². The van der Waals surface area contributed by atoms with E-state index in [1.54, 1.807) is 7.11 Å². The predicted octanol–water partition coefficient (Wildman–Crippen LogP) is 2.96. The first-order valence-electron chi connectivity index (χ1n) is 6.05. The van der Waals surface area contributed by atoms with Gasteiger partial charge in [-0.1, -0.05) is 25.7 Å². The highest BCUT2D eigenvalue weighted by Crippen LogP contribution is 2.48. The Labute approximate surface area is 87.9 Å². The fourth-order valence-electron chi connectivity index (χ4n) is 3.35. The average molecular weight is 214 g/mol. The van der Waals surface area contributed by atoms with Crippen molar-refractivity contribution < 1.29 is 9.22 Å². The molecule has 14 heavy (non-hydrogen) atoms. The van der Waals surface area contributed by atoms with Crippen molar-refractivity contribution in [1.29, 1.82) is 0 Å². The van der Waals surface area contributed by atoms with Gasteiger partial charge < -0.3 is 9.22 Å². The summed E-state index contributed by atoms with van der Waals surface area (Å²) in [6.07, 6.45) is 10.1. The third-order valence-electron chi connectivity index (χ3n) is 4.21. The van der Waals surface area contributed by atoms with E-state index in [4.69, 9.17) is 4.43 Å². The molecule has 0 saturated heterocycles. The van der Waals surface area contributed by atoms with Gasteiger partial charge in [-0.3, -0.25) is 0 Å². The van der Waals surface area contributed by atoms with Crippen LogP contribution in [0.2, 0.25) is 11.1 Å². The first-order valence-corrected chi connectivity index (χ1v) is 8.06. The summed E-state index contributed by atoms with van der Waals surface area (Å²) in [5, 5.41) is 0. The zero-order chi connectivity index (χ0) is 10.0. The van der Waals surface area contributed by atoms with Gasteiger partial charge in [0, 0.05) is 18.2 Å². The monoisotopic (exact) mass is 214 g/mol. The Morgan fingerprint density at radius 3 is 1.57 bits per heavy atom. The summed E-state index contributed by atoms with van der Waals surface area (Å²) in [5.74, 6) is 0. The molecular weight excluding hydrogens is 192 g/mol. The quantitative estimate of drug-likeness (QED) is 0.732. The highest BCUT2D eigenvalue weighted by molar-refractivity contribution is 6.69. The second-order valence-electron chi connectivity index (χ2n) is 4.92. The van der Waals surface area contributed by atoms with Gasteiger partial charge in [0.2, 0.25) is 0 Å². The molecule has 0 heterocycles. The highest BCUT2D eigenvalue weighted by Gasteiger charge is 2.50. The molecule has 0 aromatic rings. The summed E-state index contributed by atoms with van der Waals surface area (Å²) in [4.78, 5) is 10.7. The van der Waals surface area contributed by atoms with Gasteiger partial charge in [-0.25, -0.2) is 0 Å². The summed E-state index contributed by atoms with van der Waals surface area (Å²) >= 11 is 0. The molecule has 0 amide bonds. The number of hydrogen-bond donors (Lipinski definition) is 1. The molecule has 3 heteroatoms. The molecule has 0 aliphatic heterocycles. The van der Waals surface area contributed by atoms with Crippen molar-refractivity contribution >= 4 is 8.56 Å². The second-order valence-corrected chi connectivity index (χ2v) is 8.46. The van der Waals surface area contributed by atoms with Crippen molar-refractivity contribution in [3.8, 4) is 0 Å². The highest BCUT2D eigenvalue weighted by atomic mass is 28.4. The molecule has 2 saturated carbocycles. The second kappa shape index (κ2) is 4.33. The van der Waals surface area contributed by atoms with Gasteiger partial charge in [-0.15, -0.1) is 0 Å². The molecule has 2 fully saturated rings. The maximum Gasteiger partial charge on any atom is 0.341 e. The zero-order valence-electron chi connectivity index (χ0n) is 9.17. The van der Waals surface area contributed by atoms with E-state index in [0.29, 0.717) is 11.1 Å². The Morgan fingerprint density at radius 1 is 0.929 bits per heavy atom. The molecule has 1 N–H and O–H groups in total. The maximum absolute atomic E-state index is 10.7. The third-order valence-corrected chi connectivity index (χ3v) is 8.36. The molecule has 2 aliphatic carbocycles. The smallest absolute Gasteiger partial charge is 0.341 e. The van der Waals surface area contributed by atoms with Crippen LogP contribution in [0.1, 0.15) is 51.4 Å². The van der Waals surface area contributed by atoms with Crippen LogP contribution in [0.5, 0.6) is 0 Å². The van der Waals surface area contributed by atoms with Crippen LogP contribution in [0.25, 0.3) is 0 Å². The first-order chi connectivity index (χ1) is 6.77. The lowest BCUT2D eigenvalue weighted by Crippen LogP contribution is -2.46. The van der Waals surface area contributed by atoms with Crippen molar-refractivity contribution in [1.82, 2.24) is 0 Å². The molecule has 0 aromatic heterocycles. The van der Waals surface area contributed by atoms with Crippen LogP contribution in [-0.4, -0.2) is 20.5 Å². The van der Waals surface area contributed by atoms with E-state index in [9.17, 15) is 4.80 Å². The Hall–Kier alpha value is 0.137. The van der Waals surface area contributed by atoms with Gasteiger partial charge in [0.15, 0.2) is 0 Å². The minimum atomic E-state index is -2.36. The predicted molar refractivity (Wildman–Crippen MR) is 59.4 cm³/mol. The van der Waals surface area contributed by atoms with Crippen molar-refractivity contribution in [2.45, 2.75) is 62.4 Å². The summed E-state index contributed by atoms with van der Waals surface area (Å²) in [5.41, 5.74) is 1.08. The van der Waals surface area contributed by atoms with Gasteiger partial charge in [0.1, 0.15) is 0 Å². The van der Waals surface area contributed by atoms with Crippen LogP contribution < -0.4 is 0 Å². The van der Waals surface area contributed by atoms with E-state index in [1.807, 2.05) is 0 Å². The van der Waals surface area contributed by atoms with Crippen molar-refractivity contribution in [3.63, 3.8) is 0 Å². The fraction of sp³-hybridized carbons (Fsp3) is 1.00. The molecule has 0 atom stereocenters. The zero-order valence-corrected chi connectivity index (χ0v) is 10.2. The van der Waals surface area contributed by atoms with Crippen molar-refractivity contribution in [3.05, 3.63) is 0 Å². The molecule has 2 rings (SSSR count). The maximum atomic E-state index is 10.7. The van der Waals surface area contributed by atoms with Gasteiger partial charge in [-0.2, -0.15) is 0 Å². The van der Waals surface area contributed by atoms with E-state index in [0.717, 1.165) is 0 Å². The Bertz CT molecular complexity index is 168. The average Bonchev–Trinajstić information content (AvgIpc) is 2.88. The topological polar surface area (TPSA) is 29.5 Å². The summed E-state index contributed by atoms with van der Waals surface area (Å²) < 4.78 is 5.60. The van der Waals surface area contributed by atoms with Gasteiger partial charge in [-0.05, 0) is 25.7 Å². The Morgan fingerprint density at radius 2 is 1.29 bits per heavy atom. The molecule has 0 spiro atoms. The number of rotatable bonds is 3. The minimum Gasteiger partial charge on any atom is -0.410 e. The van der Waals surface area contributed by atoms with E-state index in [2.05, 4.69) is 0 Å². The Kier molecular flexibility index (Phi) is 3.29. The normalized spacial score (nSPS) is 26.1. The van der Waals surface area contributed by atoms with E-state index >= 15 is 0 Å². The van der Waals surface area contributed by atoms with Crippen LogP contribution in [0, 0.1) is 0 Å². The van der Waals surface area contributed by atoms with Crippen LogP contribution in [0.15, 0.2) is 0 Å². The molecule has 2 aliphatic rings. The molecule has 0 aromatic carbocycles. The van der Waals surface area contributed by atoms with E-state index in [1.165, 1.54) is 51.4 Å². The van der Waals surface area contributed by atoms with E-state index in [-0.39, 0.29) is 0 Å². The summed E-state index contributed by atoms with van der Waals surface area (Å²) in [6.45, 7) is 0. The van der Waals surface area contributed by atoms with Crippen LogP contribution in [0.4, 0.5) is 0 Å². The largest absolute Gasteiger partial charge is 0.410 e. The number of hydrogen-bond acceptors (Lipinski definition) is 2. The SMILES string of the molecule is CO[Si](O)(C1CCCC1)C1CCCC1. The lowest BCUT2D eigenvalue weighted by atomic mass is 10.3. The molecule has 82 valence electrons. The lowest BCUT2D eigenvalue weighted by molar-refractivity contribution is 0.255. The molecule has 0 bridgehead atoms. The first kappa shape index (κ1) is 10.6.